The molecule has 4 nitrogen and oxygen atoms in total. The molecule has 5 heteroatoms. The molecule has 0 aliphatic rings. The molecular formula is C14H15ClN2O2. The van der Waals surface area contributed by atoms with E-state index in [-0.39, 0.29) is 11.4 Å². The van der Waals surface area contributed by atoms with Gasteiger partial charge in [-0.15, -0.1) is 0 Å². The summed E-state index contributed by atoms with van der Waals surface area (Å²) in [5, 5.41) is 11.2. The first-order valence-electron chi connectivity index (χ1n) is 5.88. The number of hydrogen-bond donors (Lipinski definition) is 1. The third kappa shape index (κ3) is 3.45. The van der Waals surface area contributed by atoms with Crippen LogP contribution in [0.25, 0.3) is 11.1 Å². The molecule has 0 bridgehead atoms. The zero-order chi connectivity index (χ0) is 14.4. The van der Waals surface area contributed by atoms with Gasteiger partial charge >= 0.3 is 0 Å². The summed E-state index contributed by atoms with van der Waals surface area (Å²) >= 11 is 6.04. The Balaban J connectivity index is 0.000000861. The van der Waals surface area contributed by atoms with E-state index < -0.39 is 4.92 Å². The highest BCUT2D eigenvalue weighted by Gasteiger charge is 2.15. The van der Waals surface area contributed by atoms with Crippen LogP contribution in [-0.2, 0) is 0 Å². The van der Waals surface area contributed by atoms with Crippen molar-refractivity contribution in [2.24, 2.45) is 0 Å². The minimum atomic E-state index is -0.516. The molecule has 2 rings (SSSR count). The number of halogens is 1. The van der Waals surface area contributed by atoms with Gasteiger partial charge in [0.15, 0.2) is 0 Å². The van der Waals surface area contributed by atoms with Crippen molar-refractivity contribution < 1.29 is 4.92 Å². The molecule has 0 spiro atoms. The second kappa shape index (κ2) is 6.75. The fourth-order valence-corrected chi connectivity index (χ4v) is 1.86. The predicted octanol–water partition coefficient (Wildman–Crippen LogP) is 4.52. The van der Waals surface area contributed by atoms with Crippen LogP contribution in [0.15, 0.2) is 42.5 Å². The first-order valence-corrected chi connectivity index (χ1v) is 6.26. The normalized spacial score (nSPS) is 9.42. The van der Waals surface area contributed by atoms with E-state index >= 15 is 0 Å². The number of rotatable bonds is 2. The number of nitrogens with zero attached hydrogens (tertiary/aromatic N) is 1. The summed E-state index contributed by atoms with van der Waals surface area (Å²) in [6, 6.07) is 12.0. The van der Waals surface area contributed by atoms with Crippen LogP contribution < -0.4 is 5.73 Å². The maximum atomic E-state index is 10.8. The summed E-state index contributed by atoms with van der Waals surface area (Å²) in [6.45, 7) is 4.00. The van der Waals surface area contributed by atoms with Gasteiger partial charge < -0.3 is 5.73 Å². The molecule has 0 heterocycles. The zero-order valence-electron chi connectivity index (χ0n) is 10.8. The molecule has 0 saturated heterocycles. The van der Waals surface area contributed by atoms with E-state index in [1.165, 1.54) is 12.1 Å². The van der Waals surface area contributed by atoms with E-state index in [4.69, 9.17) is 17.3 Å². The van der Waals surface area contributed by atoms with E-state index in [1.807, 2.05) is 44.2 Å². The molecular weight excluding hydrogens is 264 g/mol. The van der Waals surface area contributed by atoms with Crippen LogP contribution in [0, 0.1) is 10.1 Å². The maximum Gasteiger partial charge on any atom is 0.292 e. The number of hydrogen-bond acceptors (Lipinski definition) is 3. The highest BCUT2D eigenvalue weighted by Crippen LogP contribution is 2.35. The molecule has 0 aromatic heterocycles. The third-order valence-electron chi connectivity index (χ3n) is 2.40. The van der Waals surface area contributed by atoms with Crippen molar-refractivity contribution in [3.05, 3.63) is 57.6 Å². The molecule has 0 radical (unpaired) electrons. The molecule has 2 N–H and O–H groups in total. The number of nitro benzene ring substituents is 1. The van der Waals surface area contributed by atoms with Gasteiger partial charge in [-0.05, 0) is 11.6 Å². The minimum Gasteiger partial charge on any atom is -0.393 e. The monoisotopic (exact) mass is 278 g/mol. The van der Waals surface area contributed by atoms with E-state index in [0.717, 1.165) is 5.56 Å². The quantitative estimate of drug-likeness (QED) is 0.499. The van der Waals surface area contributed by atoms with Gasteiger partial charge in [0, 0.05) is 11.6 Å². The van der Waals surface area contributed by atoms with E-state index in [9.17, 15) is 10.1 Å². The fourth-order valence-electron chi connectivity index (χ4n) is 1.57. The van der Waals surface area contributed by atoms with Gasteiger partial charge in [0.25, 0.3) is 5.69 Å². The van der Waals surface area contributed by atoms with Crippen LogP contribution in [0.1, 0.15) is 13.8 Å². The summed E-state index contributed by atoms with van der Waals surface area (Å²) in [5.41, 5.74) is 6.91. The Hall–Kier alpha value is -2.07. The summed E-state index contributed by atoms with van der Waals surface area (Å²) < 4.78 is 0. The van der Waals surface area contributed by atoms with Crippen molar-refractivity contribution in [2.75, 3.05) is 5.73 Å². The Bertz CT molecular complexity index is 571. The smallest absolute Gasteiger partial charge is 0.292 e. The fraction of sp³-hybridized carbons (Fsp3) is 0.143. The van der Waals surface area contributed by atoms with Gasteiger partial charge in [-0.2, -0.15) is 0 Å². The molecule has 2 aromatic carbocycles. The number of nitrogen functional groups attached to an aromatic ring is 1. The lowest BCUT2D eigenvalue weighted by molar-refractivity contribution is -0.383. The molecule has 19 heavy (non-hydrogen) atoms. The molecule has 0 aliphatic carbocycles. The SMILES string of the molecule is CC.Nc1cc(Cl)c(-c2ccccc2)cc1[N+](=O)[O-]. The third-order valence-corrected chi connectivity index (χ3v) is 2.71. The van der Waals surface area contributed by atoms with Crippen LogP contribution >= 0.6 is 11.6 Å². The predicted molar refractivity (Wildman–Crippen MR) is 79.3 cm³/mol. The topological polar surface area (TPSA) is 69.2 Å². The molecule has 100 valence electrons. The molecule has 0 saturated carbocycles. The van der Waals surface area contributed by atoms with Crippen LogP contribution in [0.5, 0.6) is 0 Å². The molecule has 2 aromatic rings. The maximum absolute atomic E-state index is 10.8. The Morgan fingerprint density at radius 1 is 1.16 bits per heavy atom. The molecule has 0 unspecified atom stereocenters. The van der Waals surface area contributed by atoms with E-state index in [0.29, 0.717) is 10.6 Å². The lowest BCUT2D eigenvalue weighted by Crippen LogP contribution is -1.96. The average molecular weight is 279 g/mol. The minimum absolute atomic E-state index is 0.0691. The van der Waals surface area contributed by atoms with E-state index in [1.54, 1.807) is 0 Å². The van der Waals surface area contributed by atoms with Crippen molar-refractivity contribution >= 4 is 23.0 Å². The lowest BCUT2D eigenvalue weighted by atomic mass is 10.0. The van der Waals surface area contributed by atoms with Crippen molar-refractivity contribution in [3.63, 3.8) is 0 Å². The first-order chi connectivity index (χ1) is 9.09. The zero-order valence-corrected chi connectivity index (χ0v) is 11.5. The average Bonchev–Trinajstić information content (AvgIpc) is 2.41. The highest BCUT2D eigenvalue weighted by molar-refractivity contribution is 6.33. The van der Waals surface area contributed by atoms with Crippen LogP contribution in [-0.4, -0.2) is 4.92 Å². The summed E-state index contributed by atoms with van der Waals surface area (Å²) in [4.78, 5) is 10.3. The second-order valence-electron chi connectivity index (χ2n) is 3.51. The second-order valence-corrected chi connectivity index (χ2v) is 3.92. The summed E-state index contributed by atoms with van der Waals surface area (Å²) in [7, 11) is 0. The van der Waals surface area contributed by atoms with Crippen molar-refractivity contribution in [2.45, 2.75) is 13.8 Å². The number of benzene rings is 2. The number of nitrogens with two attached hydrogens (primary N) is 1. The van der Waals surface area contributed by atoms with Crippen molar-refractivity contribution in [3.8, 4) is 11.1 Å². The Labute approximate surface area is 117 Å². The Morgan fingerprint density at radius 3 is 2.26 bits per heavy atom. The lowest BCUT2D eigenvalue weighted by Gasteiger charge is -2.06. The molecule has 0 aliphatic heterocycles. The van der Waals surface area contributed by atoms with Crippen molar-refractivity contribution in [1.29, 1.82) is 0 Å². The van der Waals surface area contributed by atoms with Gasteiger partial charge in [-0.1, -0.05) is 55.8 Å². The molecule has 0 fully saturated rings. The van der Waals surface area contributed by atoms with Gasteiger partial charge in [0.2, 0.25) is 0 Å². The van der Waals surface area contributed by atoms with Crippen molar-refractivity contribution in [1.82, 2.24) is 0 Å². The van der Waals surface area contributed by atoms with Crippen LogP contribution in [0.3, 0.4) is 0 Å². The Morgan fingerprint density at radius 2 is 1.74 bits per heavy atom. The first kappa shape index (κ1) is 15.0. The Kier molecular flexibility index (Phi) is 5.33. The number of nitro groups is 1. The highest BCUT2D eigenvalue weighted by atomic mass is 35.5. The number of anilines is 1. The van der Waals surface area contributed by atoms with Crippen LogP contribution in [0.2, 0.25) is 5.02 Å². The van der Waals surface area contributed by atoms with Gasteiger partial charge in [0.05, 0.1) is 9.95 Å². The summed E-state index contributed by atoms with van der Waals surface area (Å²) in [6.07, 6.45) is 0. The van der Waals surface area contributed by atoms with Gasteiger partial charge in [-0.3, -0.25) is 10.1 Å². The molecule has 0 amide bonds. The van der Waals surface area contributed by atoms with Crippen LogP contribution in [0.4, 0.5) is 11.4 Å². The van der Waals surface area contributed by atoms with Gasteiger partial charge in [-0.25, -0.2) is 0 Å². The summed E-state index contributed by atoms with van der Waals surface area (Å²) in [5.74, 6) is 0. The largest absolute Gasteiger partial charge is 0.393 e. The van der Waals surface area contributed by atoms with E-state index in [2.05, 4.69) is 0 Å². The standard InChI is InChI=1S/C12H9ClN2O2.C2H6/c13-10-7-11(14)12(15(16)17)6-9(10)8-4-2-1-3-5-8;1-2/h1-7H,14H2;1-2H3. The molecule has 0 atom stereocenters. The van der Waals surface area contributed by atoms with Gasteiger partial charge in [0.1, 0.15) is 5.69 Å².